The molecule has 9 heteroatoms. The summed E-state index contributed by atoms with van der Waals surface area (Å²) in [6, 6.07) is 3.51. The van der Waals surface area contributed by atoms with Gasteiger partial charge < -0.3 is 10.2 Å². The third-order valence-electron chi connectivity index (χ3n) is 5.10. The van der Waals surface area contributed by atoms with Gasteiger partial charge in [0.2, 0.25) is 0 Å². The number of fused-ring (bicyclic) bond motifs is 3. The lowest BCUT2D eigenvalue weighted by Crippen LogP contribution is -2.59. The Kier molecular flexibility index (Phi) is 3.90. The number of hydrogen-bond acceptors (Lipinski definition) is 8. The van der Waals surface area contributed by atoms with Crippen molar-refractivity contribution in [1.82, 2.24) is 30.5 Å². The molecular weight excluding hydrogens is 374 g/mol. The fraction of sp³-hybridized carbons (Fsp3) is 0.263. The molecule has 0 aliphatic carbocycles. The van der Waals surface area contributed by atoms with Crippen LogP contribution in [0, 0.1) is 13.8 Å². The van der Waals surface area contributed by atoms with E-state index in [-0.39, 0.29) is 11.9 Å². The molecule has 4 aromatic rings. The largest absolute Gasteiger partial charge is 0.351 e. The van der Waals surface area contributed by atoms with Gasteiger partial charge in [-0.3, -0.25) is 9.78 Å². The average molecular weight is 391 g/mol. The first-order valence-electron chi connectivity index (χ1n) is 8.94. The number of amides is 1. The standard InChI is InChI=1S/C19H17N7OS/c1-10-11(2)24-25-19-14(10)15-16(28-19)17(22-9-21-15)26-7-13(8-26)23-18(27)12-3-5-20-6-4-12/h3-6,9,13H,7-8H2,1-2H3,(H,23,27). The number of thiophene rings is 1. The first kappa shape index (κ1) is 16.9. The second kappa shape index (κ2) is 6.45. The maximum Gasteiger partial charge on any atom is 0.251 e. The minimum Gasteiger partial charge on any atom is -0.351 e. The third-order valence-corrected chi connectivity index (χ3v) is 6.16. The Morgan fingerprint density at radius 2 is 1.96 bits per heavy atom. The molecule has 1 fully saturated rings. The van der Waals surface area contributed by atoms with Crippen LogP contribution in [0.4, 0.5) is 5.82 Å². The number of pyridine rings is 1. The van der Waals surface area contributed by atoms with Gasteiger partial charge in [-0.15, -0.1) is 16.4 Å². The van der Waals surface area contributed by atoms with Gasteiger partial charge in [0.15, 0.2) is 0 Å². The molecule has 28 heavy (non-hydrogen) atoms. The summed E-state index contributed by atoms with van der Waals surface area (Å²) in [6.07, 6.45) is 4.84. The lowest BCUT2D eigenvalue weighted by molar-refractivity contribution is 0.0930. The maximum absolute atomic E-state index is 12.3. The summed E-state index contributed by atoms with van der Waals surface area (Å²) in [7, 11) is 0. The quantitative estimate of drug-likeness (QED) is 0.572. The first-order chi connectivity index (χ1) is 13.6. The summed E-state index contributed by atoms with van der Waals surface area (Å²) in [5, 5.41) is 12.7. The van der Waals surface area contributed by atoms with Gasteiger partial charge in [-0.2, -0.15) is 5.10 Å². The fourth-order valence-electron chi connectivity index (χ4n) is 3.41. The second-order valence-corrected chi connectivity index (χ2v) is 7.88. The van der Waals surface area contributed by atoms with Gasteiger partial charge >= 0.3 is 0 Å². The van der Waals surface area contributed by atoms with Gasteiger partial charge in [-0.05, 0) is 31.5 Å². The third kappa shape index (κ3) is 2.66. The van der Waals surface area contributed by atoms with Crippen LogP contribution in [0.25, 0.3) is 20.4 Å². The molecule has 0 saturated carbocycles. The highest BCUT2D eigenvalue weighted by Gasteiger charge is 2.31. The number of rotatable bonds is 3. The van der Waals surface area contributed by atoms with Crippen molar-refractivity contribution in [3.63, 3.8) is 0 Å². The summed E-state index contributed by atoms with van der Waals surface area (Å²) >= 11 is 1.57. The predicted molar refractivity (Wildman–Crippen MR) is 108 cm³/mol. The van der Waals surface area contributed by atoms with Crippen molar-refractivity contribution in [2.45, 2.75) is 19.9 Å². The Bertz CT molecular complexity index is 1200. The molecule has 1 amide bonds. The molecule has 1 N–H and O–H groups in total. The van der Waals surface area contributed by atoms with E-state index in [2.05, 4.69) is 42.3 Å². The minimum absolute atomic E-state index is 0.0804. The normalized spacial score (nSPS) is 14.4. The van der Waals surface area contributed by atoms with Gasteiger partial charge in [0.25, 0.3) is 5.91 Å². The number of carbonyl (C=O) groups is 1. The molecule has 140 valence electrons. The van der Waals surface area contributed by atoms with Crippen molar-refractivity contribution < 1.29 is 4.79 Å². The molecule has 1 aliphatic heterocycles. The zero-order valence-electron chi connectivity index (χ0n) is 15.4. The number of aryl methyl sites for hydroxylation is 2. The Hall–Kier alpha value is -3.20. The van der Waals surface area contributed by atoms with Crippen molar-refractivity contribution in [2.24, 2.45) is 0 Å². The summed E-state index contributed by atoms with van der Waals surface area (Å²) in [5.41, 5.74) is 3.55. The maximum atomic E-state index is 12.3. The van der Waals surface area contributed by atoms with E-state index in [9.17, 15) is 4.79 Å². The van der Waals surface area contributed by atoms with Crippen LogP contribution < -0.4 is 10.2 Å². The number of hydrogen-bond donors (Lipinski definition) is 1. The predicted octanol–water partition coefficient (Wildman–Crippen LogP) is 2.26. The van der Waals surface area contributed by atoms with Gasteiger partial charge in [0.1, 0.15) is 17.0 Å². The number of carbonyl (C=O) groups excluding carboxylic acids is 1. The van der Waals surface area contributed by atoms with Crippen LogP contribution in [0.2, 0.25) is 0 Å². The van der Waals surface area contributed by atoms with E-state index in [4.69, 9.17) is 0 Å². The highest BCUT2D eigenvalue weighted by Crippen LogP contribution is 2.38. The Morgan fingerprint density at radius 3 is 2.75 bits per heavy atom. The zero-order valence-corrected chi connectivity index (χ0v) is 16.2. The Morgan fingerprint density at radius 1 is 1.18 bits per heavy atom. The number of aromatic nitrogens is 5. The van der Waals surface area contributed by atoms with E-state index < -0.39 is 0 Å². The first-order valence-corrected chi connectivity index (χ1v) is 9.76. The summed E-state index contributed by atoms with van der Waals surface area (Å²) in [6.45, 7) is 5.43. The summed E-state index contributed by atoms with van der Waals surface area (Å²) in [4.78, 5) is 28.3. The molecule has 1 aliphatic rings. The molecule has 0 aromatic carbocycles. The van der Waals surface area contributed by atoms with E-state index in [1.54, 1.807) is 42.2 Å². The van der Waals surface area contributed by atoms with Crippen molar-refractivity contribution in [3.05, 3.63) is 47.7 Å². The molecule has 4 aromatic heterocycles. The van der Waals surface area contributed by atoms with E-state index in [0.29, 0.717) is 18.7 Å². The minimum atomic E-state index is -0.0804. The zero-order chi connectivity index (χ0) is 19.3. The van der Waals surface area contributed by atoms with E-state index in [0.717, 1.165) is 37.5 Å². The number of nitrogens with one attached hydrogen (secondary N) is 1. The van der Waals surface area contributed by atoms with Crippen LogP contribution >= 0.6 is 11.3 Å². The molecule has 8 nitrogen and oxygen atoms in total. The molecule has 1 saturated heterocycles. The van der Waals surface area contributed by atoms with Crippen molar-refractivity contribution in [3.8, 4) is 0 Å². The van der Waals surface area contributed by atoms with Crippen LogP contribution in [0.1, 0.15) is 21.6 Å². The Balaban J connectivity index is 1.39. The fourth-order valence-corrected chi connectivity index (χ4v) is 4.56. The van der Waals surface area contributed by atoms with E-state index >= 15 is 0 Å². The van der Waals surface area contributed by atoms with Crippen LogP contribution in [0.5, 0.6) is 0 Å². The van der Waals surface area contributed by atoms with Crippen LogP contribution in [0.15, 0.2) is 30.9 Å². The van der Waals surface area contributed by atoms with Gasteiger partial charge in [-0.1, -0.05) is 0 Å². The lowest BCUT2D eigenvalue weighted by Gasteiger charge is -2.40. The Labute approximate surface area is 164 Å². The summed E-state index contributed by atoms with van der Waals surface area (Å²) in [5.74, 6) is 0.808. The average Bonchev–Trinajstić information content (AvgIpc) is 3.07. The lowest BCUT2D eigenvalue weighted by atomic mass is 10.1. The molecule has 5 rings (SSSR count). The van der Waals surface area contributed by atoms with Crippen molar-refractivity contribution >= 4 is 43.5 Å². The molecule has 0 unspecified atom stereocenters. The highest BCUT2D eigenvalue weighted by atomic mass is 32.1. The van der Waals surface area contributed by atoms with E-state index in [1.165, 1.54) is 0 Å². The molecule has 0 atom stereocenters. The molecule has 0 bridgehead atoms. The number of nitrogens with zero attached hydrogens (tertiary/aromatic N) is 6. The van der Waals surface area contributed by atoms with Gasteiger partial charge in [0, 0.05) is 36.4 Å². The molecular formula is C19H17N7OS. The second-order valence-electron chi connectivity index (χ2n) is 6.88. The van der Waals surface area contributed by atoms with Crippen molar-refractivity contribution in [1.29, 1.82) is 0 Å². The smallest absolute Gasteiger partial charge is 0.251 e. The highest BCUT2D eigenvalue weighted by molar-refractivity contribution is 7.26. The van der Waals surface area contributed by atoms with E-state index in [1.807, 2.05) is 6.92 Å². The van der Waals surface area contributed by atoms with Gasteiger partial charge in [-0.25, -0.2) is 9.97 Å². The van der Waals surface area contributed by atoms with Gasteiger partial charge in [0.05, 0.1) is 22.0 Å². The van der Waals surface area contributed by atoms with Crippen molar-refractivity contribution in [2.75, 3.05) is 18.0 Å². The molecule has 0 spiro atoms. The summed E-state index contributed by atoms with van der Waals surface area (Å²) < 4.78 is 1.01. The molecule has 5 heterocycles. The molecule has 0 radical (unpaired) electrons. The SMILES string of the molecule is Cc1nnc2sc3c(N4CC(NC(=O)c5ccncc5)C4)ncnc3c2c1C. The van der Waals surface area contributed by atoms with Crippen LogP contribution in [-0.2, 0) is 0 Å². The van der Waals surface area contributed by atoms with Crippen LogP contribution in [-0.4, -0.2) is 50.2 Å². The number of anilines is 1. The monoisotopic (exact) mass is 391 g/mol. The van der Waals surface area contributed by atoms with Crippen LogP contribution in [0.3, 0.4) is 0 Å². The topological polar surface area (TPSA) is 96.8 Å².